The van der Waals surface area contributed by atoms with Crippen molar-refractivity contribution in [3.8, 4) is 5.75 Å². The number of carbonyl (C=O) groups excluding carboxylic acids is 1. The van der Waals surface area contributed by atoms with Crippen molar-refractivity contribution in [3.63, 3.8) is 0 Å². The summed E-state index contributed by atoms with van der Waals surface area (Å²) in [7, 11) is 0. The Morgan fingerprint density at radius 1 is 0.941 bits per heavy atom. The summed E-state index contributed by atoms with van der Waals surface area (Å²) in [5.41, 5.74) is 2.73. The minimum atomic E-state index is -1.08. The van der Waals surface area contributed by atoms with E-state index in [1.807, 2.05) is 85.8 Å². The molecule has 4 aromatic rings. The number of aliphatic carboxylic acids is 1. The van der Waals surface area contributed by atoms with Crippen molar-refractivity contribution in [2.45, 2.75) is 19.6 Å². The lowest BCUT2D eigenvalue weighted by atomic mass is 9.98. The van der Waals surface area contributed by atoms with Gasteiger partial charge in [0.15, 0.2) is 0 Å². The average molecular weight is 452 g/mol. The highest BCUT2D eigenvalue weighted by atomic mass is 16.5. The fraction of sp³-hybridized carbons (Fsp3) is 0.103. The van der Waals surface area contributed by atoms with Gasteiger partial charge in [-0.25, -0.2) is 4.79 Å². The summed E-state index contributed by atoms with van der Waals surface area (Å²) in [6, 6.07) is 28.5. The van der Waals surface area contributed by atoms with E-state index in [0.29, 0.717) is 11.1 Å². The normalized spacial score (nSPS) is 11.9. The molecule has 1 unspecified atom stereocenters. The Morgan fingerprint density at radius 3 is 2.47 bits per heavy atom. The molecule has 5 nitrogen and oxygen atoms in total. The zero-order valence-electron chi connectivity index (χ0n) is 18.8. The third-order valence-corrected chi connectivity index (χ3v) is 5.55. The van der Waals surface area contributed by atoms with Crippen LogP contribution in [0.25, 0.3) is 16.8 Å². The van der Waals surface area contributed by atoms with Crippen molar-refractivity contribution in [1.82, 2.24) is 5.32 Å². The molecule has 0 aliphatic rings. The van der Waals surface area contributed by atoms with E-state index in [1.54, 1.807) is 12.1 Å². The van der Waals surface area contributed by atoms with Gasteiger partial charge in [-0.1, -0.05) is 72.8 Å². The maximum atomic E-state index is 13.3. The minimum absolute atomic E-state index is 0.251. The van der Waals surface area contributed by atoms with Crippen LogP contribution in [0.1, 0.15) is 40.0 Å². The molecule has 0 aliphatic carbocycles. The first-order valence-electron chi connectivity index (χ1n) is 11.0. The zero-order chi connectivity index (χ0) is 23.9. The lowest BCUT2D eigenvalue weighted by Gasteiger charge is -2.18. The number of rotatable bonds is 8. The van der Waals surface area contributed by atoms with E-state index in [4.69, 9.17) is 9.84 Å². The first-order valence-corrected chi connectivity index (χ1v) is 11.0. The molecule has 170 valence electrons. The molecular weight excluding hydrogens is 426 g/mol. The van der Waals surface area contributed by atoms with Crippen LogP contribution >= 0.6 is 0 Å². The summed E-state index contributed by atoms with van der Waals surface area (Å²) in [4.78, 5) is 24.4. The standard InChI is InChI=1S/C29H25NO4/c1-20(25-13-7-9-22-8-5-6-12-26(22)25)30-29(33)27-18-21(14-15-23(27)16-17-28(31)32)19-34-24-10-3-2-4-11-24/h2-18,20H,19H2,1H3,(H,30,33)(H,31,32). The van der Waals surface area contributed by atoms with Crippen LogP contribution in [0.15, 0.2) is 97.1 Å². The van der Waals surface area contributed by atoms with Gasteiger partial charge in [0.25, 0.3) is 5.91 Å². The fourth-order valence-electron chi connectivity index (χ4n) is 3.86. The Morgan fingerprint density at radius 2 is 1.68 bits per heavy atom. The average Bonchev–Trinajstić information content (AvgIpc) is 2.86. The minimum Gasteiger partial charge on any atom is -0.489 e. The molecule has 0 fully saturated rings. The van der Waals surface area contributed by atoms with E-state index in [-0.39, 0.29) is 18.6 Å². The maximum absolute atomic E-state index is 13.3. The van der Waals surface area contributed by atoms with Crippen molar-refractivity contribution in [2.75, 3.05) is 0 Å². The molecule has 0 saturated carbocycles. The number of benzene rings is 4. The van der Waals surface area contributed by atoms with Gasteiger partial charge in [0.2, 0.25) is 0 Å². The van der Waals surface area contributed by atoms with E-state index in [9.17, 15) is 9.59 Å². The first kappa shape index (κ1) is 22.8. The topological polar surface area (TPSA) is 75.6 Å². The second-order valence-corrected chi connectivity index (χ2v) is 7.96. The second-order valence-electron chi connectivity index (χ2n) is 7.96. The highest BCUT2D eigenvalue weighted by Crippen LogP contribution is 2.25. The molecular formula is C29H25NO4. The Kier molecular flexibility index (Phi) is 7.04. The molecule has 4 rings (SSSR count). The van der Waals surface area contributed by atoms with Crippen molar-refractivity contribution in [1.29, 1.82) is 0 Å². The van der Waals surface area contributed by atoms with Gasteiger partial charge >= 0.3 is 5.97 Å². The van der Waals surface area contributed by atoms with Gasteiger partial charge in [-0.3, -0.25) is 4.79 Å². The Bertz CT molecular complexity index is 1340. The fourth-order valence-corrected chi connectivity index (χ4v) is 3.86. The number of carboxylic acid groups (broad SMARTS) is 1. The molecule has 5 heteroatoms. The number of fused-ring (bicyclic) bond motifs is 1. The quantitative estimate of drug-likeness (QED) is 0.322. The summed E-state index contributed by atoms with van der Waals surface area (Å²) in [5, 5.41) is 14.3. The molecule has 0 heterocycles. The molecule has 0 bridgehead atoms. The number of ether oxygens (including phenoxy) is 1. The molecule has 0 aliphatic heterocycles. The van der Waals surface area contributed by atoms with Crippen molar-refractivity contribution in [3.05, 3.63) is 119 Å². The molecule has 0 radical (unpaired) electrons. The van der Waals surface area contributed by atoms with Gasteiger partial charge < -0.3 is 15.2 Å². The molecule has 0 spiro atoms. The van der Waals surface area contributed by atoms with Crippen LogP contribution in [-0.2, 0) is 11.4 Å². The van der Waals surface area contributed by atoms with Crippen molar-refractivity contribution in [2.24, 2.45) is 0 Å². The summed E-state index contributed by atoms with van der Waals surface area (Å²) in [6.07, 6.45) is 2.46. The largest absolute Gasteiger partial charge is 0.489 e. The number of hydrogen-bond acceptors (Lipinski definition) is 3. The van der Waals surface area contributed by atoms with Crippen molar-refractivity contribution >= 4 is 28.7 Å². The van der Waals surface area contributed by atoms with Crippen LogP contribution in [0.5, 0.6) is 5.75 Å². The monoisotopic (exact) mass is 451 g/mol. The molecule has 0 saturated heterocycles. The van der Waals surface area contributed by atoms with Gasteiger partial charge in [-0.15, -0.1) is 0 Å². The van der Waals surface area contributed by atoms with E-state index < -0.39 is 5.97 Å². The second kappa shape index (κ2) is 10.5. The number of nitrogens with one attached hydrogen (secondary N) is 1. The lowest BCUT2D eigenvalue weighted by Crippen LogP contribution is -2.27. The number of carboxylic acids is 1. The van der Waals surface area contributed by atoms with Gasteiger partial charge in [-0.05, 0) is 58.7 Å². The Labute approximate surface area is 198 Å². The van der Waals surface area contributed by atoms with Crippen LogP contribution in [0.2, 0.25) is 0 Å². The molecule has 0 aromatic heterocycles. The van der Waals surface area contributed by atoms with Gasteiger partial charge in [0.05, 0.1) is 6.04 Å². The van der Waals surface area contributed by atoms with E-state index >= 15 is 0 Å². The molecule has 4 aromatic carbocycles. The summed E-state index contributed by atoms with van der Waals surface area (Å²) < 4.78 is 5.82. The van der Waals surface area contributed by atoms with Gasteiger partial charge in [0.1, 0.15) is 12.4 Å². The molecule has 34 heavy (non-hydrogen) atoms. The predicted molar refractivity (Wildman–Crippen MR) is 134 cm³/mol. The van der Waals surface area contributed by atoms with Crippen LogP contribution in [-0.4, -0.2) is 17.0 Å². The third-order valence-electron chi connectivity index (χ3n) is 5.55. The predicted octanol–water partition coefficient (Wildman–Crippen LogP) is 6.01. The van der Waals surface area contributed by atoms with Crippen LogP contribution < -0.4 is 10.1 Å². The number of para-hydroxylation sites is 1. The summed E-state index contributed by atoms with van der Waals surface area (Å²) in [5.74, 6) is -0.632. The first-order chi connectivity index (χ1) is 16.5. The highest BCUT2D eigenvalue weighted by molar-refractivity contribution is 5.99. The highest BCUT2D eigenvalue weighted by Gasteiger charge is 2.17. The SMILES string of the molecule is CC(NC(=O)c1cc(COc2ccccc2)ccc1C=CC(=O)O)c1cccc2ccccc12. The van der Waals surface area contributed by atoms with Crippen LogP contribution in [0.3, 0.4) is 0 Å². The Balaban J connectivity index is 1.60. The molecule has 1 amide bonds. The van der Waals surface area contributed by atoms with Crippen LogP contribution in [0.4, 0.5) is 0 Å². The smallest absolute Gasteiger partial charge is 0.328 e. The number of hydrogen-bond donors (Lipinski definition) is 2. The zero-order valence-corrected chi connectivity index (χ0v) is 18.8. The number of carbonyl (C=O) groups is 2. The number of amides is 1. The lowest BCUT2D eigenvalue weighted by molar-refractivity contribution is -0.131. The van der Waals surface area contributed by atoms with E-state index in [1.165, 1.54) is 6.08 Å². The maximum Gasteiger partial charge on any atom is 0.328 e. The summed E-state index contributed by atoms with van der Waals surface area (Å²) in [6.45, 7) is 2.22. The van der Waals surface area contributed by atoms with Crippen molar-refractivity contribution < 1.29 is 19.4 Å². The molecule has 2 N–H and O–H groups in total. The Hall–Kier alpha value is -4.38. The van der Waals surface area contributed by atoms with E-state index in [2.05, 4.69) is 5.32 Å². The molecule has 1 atom stereocenters. The van der Waals surface area contributed by atoms with Gasteiger partial charge in [0, 0.05) is 11.6 Å². The third kappa shape index (κ3) is 5.51. The summed E-state index contributed by atoms with van der Waals surface area (Å²) >= 11 is 0. The van der Waals surface area contributed by atoms with Crippen LogP contribution in [0, 0.1) is 0 Å². The van der Waals surface area contributed by atoms with E-state index in [0.717, 1.165) is 33.7 Å². The van der Waals surface area contributed by atoms with Gasteiger partial charge in [-0.2, -0.15) is 0 Å².